The molecule has 0 saturated heterocycles. The SMILES string of the molecule is Cc1ccsc1CNC(=O)/C=C/c1c(C)nn(C)c1C. The number of nitrogens with zero attached hydrogens (tertiary/aromatic N) is 2. The molecule has 106 valence electrons. The lowest BCUT2D eigenvalue weighted by Gasteiger charge is -2.01. The predicted octanol–water partition coefficient (Wildman–Crippen LogP) is 2.74. The summed E-state index contributed by atoms with van der Waals surface area (Å²) in [7, 11) is 1.90. The molecule has 2 aromatic rings. The van der Waals surface area contributed by atoms with Gasteiger partial charge < -0.3 is 5.32 Å². The first-order valence-corrected chi connectivity index (χ1v) is 7.36. The van der Waals surface area contributed by atoms with Crippen LogP contribution in [0, 0.1) is 20.8 Å². The molecule has 0 radical (unpaired) electrons. The molecule has 20 heavy (non-hydrogen) atoms. The summed E-state index contributed by atoms with van der Waals surface area (Å²) >= 11 is 1.66. The second-order valence-corrected chi connectivity index (χ2v) is 5.79. The molecule has 0 saturated carbocycles. The molecule has 4 nitrogen and oxygen atoms in total. The smallest absolute Gasteiger partial charge is 0.244 e. The van der Waals surface area contributed by atoms with Crippen molar-refractivity contribution in [2.24, 2.45) is 7.05 Å². The van der Waals surface area contributed by atoms with Crippen LogP contribution in [0.4, 0.5) is 0 Å². The van der Waals surface area contributed by atoms with Crippen molar-refractivity contribution in [3.8, 4) is 0 Å². The number of thiophene rings is 1. The van der Waals surface area contributed by atoms with Crippen LogP contribution < -0.4 is 5.32 Å². The van der Waals surface area contributed by atoms with Crippen molar-refractivity contribution < 1.29 is 4.79 Å². The average Bonchev–Trinajstić information content (AvgIpc) is 2.91. The van der Waals surface area contributed by atoms with Crippen LogP contribution in [-0.2, 0) is 18.4 Å². The van der Waals surface area contributed by atoms with E-state index in [9.17, 15) is 4.79 Å². The fourth-order valence-corrected chi connectivity index (χ4v) is 2.85. The Morgan fingerprint density at radius 1 is 1.45 bits per heavy atom. The lowest BCUT2D eigenvalue weighted by molar-refractivity contribution is -0.116. The largest absolute Gasteiger partial charge is 0.348 e. The zero-order chi connectivity index (χ0) is 14.7. The van der Waals surface area contributed by atoms with Crippen molar-refractivity contribution >= 4 is 23.3 Å². The monoisotopic (exact) mass is 289 g/mol. The van der Waals surface area contributed by atoms with E-state index >= 15 is 0 Å². The van der Waals surface area contributed by atoms with E-state index in [0.29, 0.717) is 6.54 Å². The summed E-state index contributed by atoms with van der Waals surface area (Å²) in [4.78, 5) is 13.0. The van der Waals surface area contributed by atoms with E-state index in [0.717, 1.165) is 17.0 Å². The van der Waals surface area contributed by atoms with Crippen molar-refractivity contribution in [1.29, 1.82) is 0 Å². The van der Waals surface area contributed by atoms with E-state index in [1.807, 2.05) is 37.0 Å². The topological polar surface area (TPSA) is 46.9 Å². The second kappa shape index (κ2) is 6.05. The highest BCUT2D eigenvalue weighted by Crippen LogP contribution is 2.15. The van der Waals surface area contributed by atoms with Crippen LogP contribution in [0.15, 0.2) is 17.5 Å². The Morgan fingerprint density at radius 3 is 2.75 bits per heavy atom. The molecule has 0 fully saturated rings. The van der Waals surface area contributed by atoms with Crippen LogP contribution >= 0.6 is 11.3 Å². The Hall–Kier alpha value is -1.88. The molecule has 0 aromatic carbocycles. The molecule has 0 aliphatic rings. The number of aromatic nitrogens is 2. The second-order valence-electron chi connectivity index (χ2n) is 4.79. The average molecular weight is 289 g/mol. The molecule has 0 aliphatic heterocycles. The zero-order valence-electron chi connectivity index (χ0n) is 12.2. The molecule has 0 aliphatic carbocycles. The van der Waals surface area contributed by atoms with Gasteiger partial charge in [-0.25, -0.2) is 0 Å². The Balaban J connectivity index is 1.97. The van der Waals surface area contributed by atoms with Crippen molar-refractivity contribution in [3.63, 3.8) is 0 Å². The van der Waals surface area contributed by atoms with Gasteiger partial charge >= 0.3 is 0 Å². The van der Waals surface area contributed by atoms with Gasteiger partial charge in [-0.05, 0) is 43.9 Å². The van der Waals surface area contributed by atoms with Crippen LogP contribution in [0.1, 0.15) is 27.4 Å². The number of hydrogen-bond donors (Lipinski definition) is 1. The molecule has 0 unspecified atom stereocenters. The van der Waals surface area contributed by atoms with E-state index in [1.165, 1.54) is 10.4 Å². The Labute approximate surface area is 123 Å². The van der Waals surface area contributed by atoms with Crippen molar-refractivity contribution in [3.05, 3.63) is 44.9 Å². The molecule has 5 heteroatoms. The quantitative estimate of drug-likeness (QED) is 0.880. The van der Waals surface area contributed by atoms with Crippen LogP contribution in [0.2, 0.25) is 0 Å². The number of amides is 1. The van der Waals surface area contributed by atoms with Crippen molar-refractivity contribution in [1.82, 2.24) is 15.1 Å². The van der Waals surface area contributed by atoms with Gasteiger partial charge in [-0.1, -0.05) is 0 Å². The highest BCUT2D eigenvalue weighted by atomic mass is 32.1. The van der Waals surface area contributed by atoms with E-state index in [1.54, 1.807) is 17.4 Å². The van der Waals surface area contributed by atoms with Crippen LogP contribution in [0.5, 0.6) is 0 Å². The van der Waals surface area contributed by atoms with Gasteiger partial charge in [0.05, 0.1) is 12.2 Å². The van der Waals surface area contributed by atoms with E-state index in [2.05, 4.69) is 23.4 Å². The van der Waals surface area contributed by atoms with Gasteiger partial charge in [0, 0.05) is 29.3 Å². The lowest BCUT2D eigenvalue weighted by Crippen LogP contribution is -2.19. The number of carbonyl (C=O) groups is 1. The summed E-state index contributed by atoms with van der Waals surface area (Å²) in [6.07, 6.45) is 3.40. The standard InChI is InChI=1S/C15H19N3OS/c1-10-7-8-20-14(10)9-16-15(19)6-5-13-11(2)17-18(4)12(13)3/h5-8H,9H2,1-4H3,(H,16,19)/b6-5+. The third-order valence-electron chi connectivity index (χ3n) is 3.36. The lowest BCUT2D eigenvalue weighted by atomic mass is 10.2. The van der Waals surface area contributed by atoms with Gasteiger partial charge in [0.1, 0.15) is 0 Å². The highest BCUT2D eigenvalue weighted by molar-refractivity contribution is 7.10. The summed E-state index contributed by atoms with van der Waals surface area (Å²) in [6, 6.07) is 2.06. The van der Waals surface area contributed by atoms with E-state index < -0.39 is 0 Å². The Morgan fingerprint density at radius 2 is 2.20 bits per heavy atom. The number of nitrogens with one attached hydrogen (secondary N) is 1. The van der Waals surface area contributed by atoms with Crippen LogP contribution in [0.3, 0.4) is 0 Å². The Kier molecular flexibility index (Phi) is 4.39. The number of rotatable bonds is 4. The molecule has 0 spiro atoms. The van der Waals surface area contributed by atoms with Crippen molar-refractivity contribution in [2.75, 3.05) is 0 Å². The molecule has 2 rings (SSSR count). The molecule has 2 aromatic heterocycles. The maximum absolute atomic E-state index is 11.8. The Bertz CT molecular complexity index is 652. The van der Waals surface area contributed by atoms with Crippen molar-refractivity contribution in [2.45, 2.75) is 27.3 Å². The molecule has 0 bridgehead atoms. The first kappa shape index (κ1) is 14.5. The van der Waals surface area contributed by atoms with Gasteiger partial charge in [0.25, 0.3) is 0 Å². The van der Waals surface area contributed by atoms with E-state index in [4.69, 9.17) is 0 Å². The molecule has 1 amide bonds. The van der Waals surface area contributed by atoms with Gasteiger partial charge in [-0.3, -0.25) is 9.48 Å². The first-order valence-electron chi connectivity index (χ1n) is 6.48. The van der Waals surface area contributed by atoms with Gasteiger partial charge in [-0.2, -0.15) is 5.10 Å². The molecular formula is C15H19N3OS. The van der Waals surface area contributed by atoms with Crippen LogP contribution in [-0.4, -0.2) is 15.7 Å². The van der Waals surface area contributed by atoms with Gasteiger partial charge in [0.15, 0.2) is 0 Å². The van der Waals surface area contributed by atoms with E-state index in [-0.39, 0.29) is 5.91 Å². The summed E-state index contributed by atoms with van der Waals surface area (Å²) in [5, 5.41) is 9.26. The molecule has 0 atom stereocenters. The van der Waals surface area contributed by atoms with Gasteiger partial charge in [0.2, 0.25) is 5.91 Å². The summed E-state index contributed by atoms with van der Waals surface area (Å²) < 4.78 is 1.82. The normalized spacial score (nSPS) is 11.2. The minimum Gasteiger partial charge on any atom is -0.348 e. The van der Waals surface area contributed by atoms with Gasteiger partial charge in [-0.15, -0.1) is 11.3 Å². The number of hydrogen-bond acceptors (Lipinski definition) is 3. The first-order chi connectivity index (χ1) is 9.49. The number of carbonyl (C=O) groups excluding carboxylic acids is 1. The third kappa shape index (κ3) is 3.17. The fourth-order valence-electron chi connectivity index (χ4n) is 2.00. The predicted molar refractivity (Wildman–Crippen MR) is 82.6 cm³/mol. The maximum Gasteiger partial charge on any atom is 0.244 e. The maximum atomic E-state index is 11.8. The highest BCUT2D eigenvalue weighted by Gasteiger charge is 2.06. The summed E-state index contributed by atoms with van der Waals surface area (Å²) in [5.74, 6) is -0.0829. The third-order valence-corrected chi connectivity index (χ3v) is 4.38. The minimum absolute atomic E-state index is 0.0829. The molecular weight excluding hydrogens is 270 g/mol. The number of aryl methyl sites for hydroxylation is 3. The molecule has 1 N–H and O–H groups in total. The van der Waals surface area contributed by atoms with Crippen LogP contribution in [0.25, 0.3) is 6.08 Å². The summed E-state index contributed by atoms with van der Waals surface area (Å²) in [5.41, 5.74) is 4.22. The zero-order valence-corrected chi connectivity index (χ0v) is 13.0. The molecule has 2 heterocycles. The minimum atomic E-state index is -0.0829. The summed E-state index contributed by atoms with van der Waals surface area (Å²) in [6.45, 7) is 6.57. The fraction of sp³-hybridized carbons (Fsp3) is 0.333.